The molecular formula is C18H19N3O2. The van der Waals surface area contributed by atoms with Crippen molar-refractivity contribution in [3.63, 3.8) is 0 Å². The number of amides is 2. The van der Waals surface area contributed by atoms with E-state index in [0.29, 0.717) is 12.1 Å². The summed E-state index contributed by atoms with van der Waals surface area (Å²) in [6.07, 6.45) is 0.899. The number of carbonyl (C=O) groups excluding carboxylic acids is 2. The van der Waals surface area contributed by atoms with Gasteiger partial charge in [0.15, 0.2) is 0 Å². The molecule has 2 aromatic carbocycles. The van der Waals surface area contributed by atoms with Gasteiger partial charge in [-0.2, -0.15) is 0 Å². The molecule has 5 heteroatoms. The second-order valence-electron chi connectivity index (χ2n) is 5.69. The molecule has 0 spiro atoms. The minimum absolute atomic E-state index is 0.0685. The van der Waals surface area contributed by atoms with E-state index in [2.05, 4.69) is 5.32 Å². The first-order valence-corrected chi connectivity index (χ1v) is 7.64. The van der Waals surface area contributed by atoms with Gasteiger partial charge < -0.3 is 16.0 Å². The van der Waals surface area contributed by atoms with Gasteiger partial charge in [0, 0.05) is 35.9 Å². The summed E-state index contributed by atoms with van der Waals surface area (Å²) in [4.78, 5) is 25.3. The van der Waals surface area contributed by atoms with E-state index in [9.17, 15) is 9.59 Å². The van der Waals surface area contributed by atoms with Crippen LogP contribution in [0.1, 0.15) is 27.1 Å². The lowest BCUT2D eigenvalue weighted by molar-refractivity contribution is 0.0791. The van der Waals surface area contributed by atoms with E-state index < -0.39 is 5.91 Å². The highest BCUT2D eigenvalue weighted by atomic mass is 16.2. The summed E-state index contributed by atoms with van der Waals surface area (Å²) in [6.45, 7) is 1.41. The molecule has 0 bridgehead atoms. The Morgan fingerprint density at radius 1 is 1.00 bits per heavy atom. The number of hydrogen-bond donors (Lipinski definition) is 2. The molecule has 3 rings (SSSR count). The third-order valence-electron chi connectivity index (χ3n) is 4.04. The fourth-order valence-electron chi connectivity index (χ4n) is 2.79. The molecule has 0 aliphatic carbocycles. The molecule has 0 aromatic heterocycles. The van der Waals surface area contributed by atoms with Crippen molar-refractivity contribution in [2.45, 2.75) is 12.5 Å². The maximum atomic E-state index is 12.4. The van der Waals surface area contributed by atoms with Crippen LogP contribution in [0.2, 0.25) is 0 Å². The molecule has 1 saturated heterocycles. The molecule has 1 aliphatic heterocycles. The van der Waals surface area contributed by atoms with Gasteiger partial charge in [-0.25, -0.2) is 0 Å². The lowest BCUT2D eigenvalue weighted by Crippen LogP contribution is -2.31. The molecule has 1 fully saturated rings. The largest absolute Gasteiger partial charge is 0.380 e. The monoisotopic (exact) mass is 309 g/mol. The van der Waals surface area contributed by atoms with Crippen LogP contribution in [0.4, 0.5) is 5.69 Å². The smallest absolute Gasteiger partial charge is 0.253 e. The Morgan fingerprint density at radius 3 is 2.35 bits per heavy atom. The maximum Gasteiger partial charge on any atom is 0.253 e. The van der Waals surface area contributed by atoms with Crippen molar-refractivity contribution >= 4 is 17.5 Å². The predicted octanol–water partition coefficient (Wildman–Crippen LogP) is 2.11. The van der Waals surface area contributed by atoms with Gasteiger partial charge in [0.1, 0.15) is 0 Å². The summed E-state index contributed by atoms with van der Waals surface area (Å²) in [5, 5.41) is 3.40. The van der Waals surface area contributed by atoms with Gasteiger partial charge >= 0.3 is 0 Å². The van der Waals surface area contributed by atoms with E-state index in [1.54, 1.807) is 12.1 Å². The summed E-state index contributed by atoms with van der Waals surface area (Å²) < 4.78 is 0. The van der Waals surface area contributed by atoms with E-state index in [-0.39, 0.29) is 11.9 Å². The molecule has 2 aromatic rings. The quantitative estimate of drug-likeness (QED) is 0.908. The Bertz CT molecular complexity index is 698. The van der Waals surface area contributed by atoms with Gasteiger partial charge in [-0.15, -0.1) is 0 Å². The average Bonchev–Trinajstić information content (AvgIpc) is 3.04. The Balaban J connectivity index is 1.59. The number of primary amides is 1. The normalized spacial score (nSPS) is 17.0. The number of carbonyl (C=O) groups is 2. The highest BCUT2D eigenvalue weighted by Crippen LogP contribution is 2.18. The molecule has 1 heterocycles. The van der Waals surface area contributed by atoms with Crippen LogP contribution in [0, 0.1) is 0 Å². The summed E-state index contributed by atoms with van der Waals surface area (Å²) in [6, 6.07) is 16.6. The first-order chi connectivity index (χ1) is 11.1. The zero-order chi connectivity index (χ0) is 16.2. The molecule has 23 heavy (non-hydrogen) atoms. The first-order valence-electron chi connectivity index (χ1n) is 7.64. The second-order valence-corrected chi connectivity index (χ2v) is 5.69. The number of benzene rings is 2. The molecule has 1 unspecified atom stereocenters. The van der Waals surface area contributed by atoms with Crippen LogP contribution < -0.4 is 11.1 Å². The minimum atomic E-state index is -0.433. The highest BCUT2D eigenvalue weighted by Gasteiger charge is 2.26. The lowest BCUT2D eigenvalue weighted by Gasteiger charge is -2.18. The van der Waals surface area contributed by atoms with Gasteiger partial charge in [0.25, 0.3) is 5.91 Å². The lowest BCUT2D eigenvalue weighted by atomic mass is 10.2. The maximum absolute atomic E-state index is 12.4. The number of likely N-dealkylation sites (tertiary alicyclic amines) is 1. The number of hydrogen-bond acceptors (Lipinski definition) is 3. The van der Waals surface area contributed by atoms with E-state index in [1.807, 2.05) is 47.4 Å². The van der Waals surface area contributed by atoms with Crippen molar-refractivity contribution in [2.75, 3.05) is 18.4 Å². The Kier molecular flexibility index (Phi) is 4.28. The van der Waals surface area contributed by atoms with Gasteiger partial charge in [-0.05, 0) is 42.8 Å². The number of nitrogens with one attached hydrogen (secondary N) is 1. The number of anilines is 1. The Morgan fingerprint density at radius 2 is 1.70 bits per heavy atom. The molecule has 1 aliphatic rings. The fraction of sp³-hybridized carbons (Fsp3) is 0.222. The second kappa shape index (κ2) is 6.52. The van der Waals surface area contributed by atoms with Crippen molar-refractivity contribution in [1.29, 1.82) is 0 Å². The van der Waals surface area contributed by atoms with Crippen LogP contribution in [0.25, 0.3) is 0 Å². The molecule has 0 saturated carbocycles. The van der Waals surface area contributed by atoms with E-state index in [4.69, 9.17) is 5.73 Å². The van der Waals surface area contributed by atoms with Crippen molar-refractivity contribution in [3.05, 3.63) is 65.7 Å². The van der Waals surface area contributed by atoms with Crippen LogP contribution >= 0.6 is 0 Å². The Hall–Kier alpha value is -2.82. The zero-order valence-electron chi connectivity index (χ0n) is 12.7. The molecule has 3 N–H and O–H groups in total. The predicted molar refractivity (Wildman–Crippen MR) is 89.3 cm³/mol. The topological polar surface area (TPSA) is 75.4 Å². The van der Waals surface area contributed by atoms with Crippen LogP contribution in [0.3, 0.4) is 0 Å². The summed E-state index contributed by atoms with van der Waals surface area (Å²) >= 11 is 0. The molecule has 1 atom stereocenters. The standard InChI is InChI=1S/C18H19N3O2/c19-17(22)13-6-8-15(9-7-13)20-16-10-11-21(12-16)18(23)14-4-2-1-3-5-14/h1-9,16,20H,10-12H2,(H2,19,22). The van der Waals surface area contributed by atoms with Crippen molar-refractivity contribution in [2.24, 2.45) is 5.73 Å². The fourth-order valence-corrected chi connectivity index (χ4v) is 2.79. The minimum Gasteiger partial charge on any atom is -0.380 e. The first kappa shape index (κ1) is 15.1. The van der Waals surface area contributed by atoms with Crippen LogP contribution in [-0.2, 0) is 0 Å². The third kappa shape index (κ3) is 3.51. The molecule has 5 nitrogen and oxygen atoms in total. The number of nitrogens with zero attached hydrogens (tertiary/aromatic N) is 1. The van der Waals surface area contributed by atoms with Crippen LogP contribution in [0.5, 0.6) is 0 Å². The highest BCUT2D eigenvalue weighted by molar-refractivity contribution is 5.94. The van der Waals surface area contributed by atoms with E-state index in [1.165, 1.54) is 0 Å². The molecule has 0 radical (unpaired) electrons. The van der Waals surface area contributed by atoms with Crippen molar-refractivity contribution in [1.82, 2.24) is 4.90 Å². The zero-order valence-corrected chi connectivity index (χ0v) is 12.7. The average molecular weight is 309 g/mol. The van der Waals surface area contributed by atoms with Crippen LogP contribution in [0.15, 0.2) is 54.6 Å². The van der Waals surface area contributed by atoms with Gasteiger partial charge in [0.2, 0.25) is 5.91 Å². The third-order valence-corrected chi connectivity index (χ3v) is 4.04. The molecule has 2 amide bonds. The van der Waals surface area contributed by atoms with Gasteiger partial charge in [-0.1, -0.05) is 18.2 Å². The molecule has 118 valence electrons. The van der Waals surface area contributed by atoms with Crippen molar-refractivity contribution < 1.29 is 9.59 Å². The van der Waals surface area contributed by atoms with Gasteiger partial charge in [-0.3, -0.25) is 9.59 Å². The number of nitrogens with two attached hydrogens (primary N) is 1. The molecular weight excluding hydrogens is 290 g/mol. The van der Waals surface area contributed by atoms with Crippen molar-refractivity contribution in [3.8, 4) is 0 Å². The van der Waals surface area contributed by atoms with Crippen LogP contribution in [-0.4, -0.2) is 35.8 Å². The number of rotatable bonds is 4. The SMILES string of the molecule is NC(=O)c1ccc(NC2CCN(C(=O)c3ccccc3)C2)cc1. The van der Waals surface area contributed by atoms with E-state index >= 15 is 0 Å². The van der Waals surface area contributed by atoms with Gasteiger partial charge in [0.05, 0.1) is 0 Å². The Labute approximate surface area is 135 Å². The summed E-state index contributed by atoms with van der Waals surface area (Å²) in [5.41, 5.74) is 7.37. The summed E-state index contributed by atoms with van der Waals surface area (Å²) in [5.74, 6) is -0.365. The van der Waals surface area contributed by atoms with E-state index in [0.717, 1.165) is 24.2 Å². The summed E-state index contributed by atoms with van der Waals surface area (Å²) in [7, 11) is 0.